The van der Waals surface area contributed by atoms with E-state index in [9.17, 15) is 22.8 Å². The summed E-state index contributed by atoms with van der Waals surface area (Å²) in [7, 11) is 2.97. The molecule has 4 aromatic rings. The number of alkyl halides is 3. The van der Waals surface area contributed by atoms with Crippen LogP contribution in [0.15, 0.2) is 59.8 Å². The van der Waals surface area contributed by atoms with Crippen LogP contribution in [0.1, 0.15) is 21.5 Å². The highest BCUT2D eigenvalue weighted by molar-refractivity contribution is 5.95. The fourth-order valence-electron chi connectivity index (χ4n) is 3.63. The first kappa shape index (κ1) is 24.8. The van der Waals surface area contributed by atoms with Crippen molar-refractivity contribution in [2.45, 2.75) is 19.3 Å². The van der Waals surface area contributed by atoms with Crippen LogP contribution >= 0.6 is 0 Å². The molecule has 1 amide bonds. The number of halogens is 3. The lowest BCUT2D eigenvalue weighted by Crippen LogP contribution is -2.28. The number of hydrogen-bond acceptors (Lipinski definition) is 6. The van der Waals surface area contributed by atoms with Crippen molar-refractivity contribution in [3.05, 3.63) is 82.0 Å². The second-order valence-electron chi connectivity index (χ2n) is 7.84. The smallest absolute Gasteiger partial charge is 0.416 e. The van der Waals surface area contributed by atoms with Gasteiger partial charge in [0.15, 0.2) is 5.65 Å². The maximum atomic E-state index is 13.0. The van der Waals surface area contributed by atoms with Crippen LogP contribution in [-0.4, -0.2) is 46.0 Å². The van der Waals surface area contributed by atoms with Gasteiger partial charge in [-0.05, 0) is 29.8 Å². The molecule has 0 aliphatic rings. The van der Waals surface area contributed by atoms with E-state index in [1.54, 1.807) is 18.2 Å². The third-order valence-corrected chi connectivity index (χ3v) is 5.45. The van der Waals surface area contributed by atoms with Gasteiger partial charge in [-0.3, -0.25) is 14.2 Å². The average molecular weight is 501 g/mol. The molecule has 36 heavy (non-hydrogen) atoms. The monoisotopic (exact) mass is 501 g/mol. The molecule has 0 aliphatic carbocycles. The first-order chi connectivity index (χ1) is 17.2. The summed E-state index contributed by atoms with van der Waals surface area (Å²) < 4.78 is 52.0. The second kappa shape index (κ2) is 10.1. The maximum absolute atomic E-state index is 13.0. The van der Waals surface area contributed by atoms with Gasteiger partial charge in [0.1, 0.15) is 23.2 Å². The third-order valence-electron chi connectivity index (χ3n) is 5.45. The molecule has 0 aliphatic heterocycles. The Bertz CT molecular complexity index is 1440. The first-order valence-corrected chi connectivity index (χ1v) is 10.8. The highest BCUT2D eigenvalue weighted by atomic mass is 19.4. The van der Waals surface area contributed by atoms with E-state index in [-0.39, 0.29) is 30.9 Å². The van der Waals surface area contributed by atoms with Crippen LogP contribution in [0.2, 0.25) is 0 Å². The molecule has 2 aromatic heterocycles. The Labute approximate surface area is 203 Å². The largest absolute Gasteiger partial charge is 0.497 e. The molecule has 188 valence electrons. The van der Waals surface area contributed by atoms with Crippen LogP contribution < -0.4 is 20.3 Å². The van der Waals surface area contributed by atoms with Gasteiger partial charge in [0.05, 0.1) is 39.1 Å². The molecule has 0 atom stereocenters. The van der Waals surface area contributed by atoms with Gasteiger partial charge in [0.25, 0.3) is 11.5 Å². The maximum Gasteiger partial charge on any atom is 0.416 e. The van der Waals surface area contributed by atoms with Crippen molar-refractivity contribution < 1.29 is 27.4 Å². The van der Waals surface area contributed by atoms with Crippen molar-refractivity contribution >= 4 is 16.9 Å². The van der Waals surface area contributed by atoms with E-state index >= 15 is 0 Å². The van der Waals surface area contributed by atoms with Crippen molar-refractivity contribution in [2.75, 3.05) is 20.8 Å². The number of carbonyl (C=O) groups excluding carboxylic acids is 1. The minimum atomic E-state index is -4.47. The normalized spacial score (nSPS) is 11.5. The molecule has 12 heteroatoms. The number of amides is 1. The van der Waals surface area contributed by atoms with Crippen LogP contribution in [-0.2, 0) is 19.3 Å². The van der Waals surface area contributed by atoms with Gasteiger partial charge in [-0.1, -0.05) is 12.1 Å². The summed E-state index contributed by atoms with van der Waals surface area (Å²) in [6, 6.07) is 9.59. The Balaban J connectivity index is 1.46. The Kier molecular flexibility index (Phi) is 6.95. The van der Waals surface area contributed by atoms with Crippen LogP contribution in [0.5, 0.6) is 11.5 Å². The van der Waals surface area contributed by atoms with Gasteiger partial charge in [0.2, 0.25) is 0 Å². The van der Waals surface area contributed by atoms with Crippen molar-refractivity contribution in [1.29, 1.82) is 0 Å². The summed E-state index contributed by atoms with van der Waals surface area (Å²) in [6.07, 6.45) is -1.86. The topological polar surface area (TPSA) is 100 Å². The number of fused-ring (bicyclic) bond motifs is 1. The van der Waals surface area contributed by atoms with E-state index < -0.39 is 17.3 Å². The molecule has 0 saturated heterocycles. The standard InChI is InChI=1S/C24H22F3N5O4/c1-35-18-9-16(10-19(11-18)36-2)22(33)28-6-7-32-21-20(12-30-32)23(34)31(14-29-21)13-15-4-3-5-17(8-15)24(25,26)27/h3-5,8-12,14H,6-7,13H2,1-2H3,(H,28,33). The Hall–Kier alpha value is -4.35. The third kappa shape index (κ3) is 5.32. The number of carbonyl (C=O) groups is 1. The molecule has 1 N–H and O–H groups in total. The number of nitrogens with zero attached hydrogens (tertiary/aromatic N) is 4. The molecule has 2 aromatic carbocycles. The van der Waals surface area contributed by atoms with Crippen LogP contribution in [0.3, 0.4) is 0 Å². The zero-order valence-electron chi connectivity index (χ0n) is 19.4. The summed E-state index contributed by atoms with van der Waals surface area (Å²) in [4.78, 5) is 29.7. The number of nitrogens with one attached hydrogen (secondary N) is 1. The quantitative estimate of drug-likeness (QED) is 0.398. The van der Waals surface area contributed by atoms with Gasteiger partial charge >= 0.3 is 6.18 Å². The fourth-order valence-corrected chi connectivity index (χ4v) is 3.63. The molecular formula is C24H22F3N5O4. The van der Waals surface area contributed by atoms with Crippen molar-refractivity contribution in [2.24, 2.45) is 0 Å². The van der Waals surface area contributed by atoms with Crippen molar-refractivity contribution in [3.63, 3.8) is 0 Å². The summed E-state index contributed by atoms with van der Waals surface area (Å²) in [5.41, 5.74) is -0.248. The molecule has 4 rings (SSSR count). The van der Waals surface area contributed by atoms with Gasteiger partial charge < -0.3 is 14.8 Å². The van der Waals surface area contributed by atoms with Crippen molar-refractivity contribution in [1.82, 2.24) is 24.6 Å². The Morgan fingerprint density at radius 3 is 2.47 bits per heavy atom. The molecule has 0 fully saturated rings. The van der Waals surface area contributed by atoms with Gasteiger partial charge in [-0.15, -0.1) is 0 Å². The molecule has 0 spiro atoms. The number of hydrogen-bond donors (Lipinski definition) is 1. The van der Waals surface area contributed by atoms with Crippen LogP contribution in [0, 0.1) is 0 Å². The predicted octanol–water partition coefficient (Wildman–Crippen LogP) is 3.11. The number of methoxy groups -OCH3 is 2. The van der Waals surface area contributed by atoms with E-state index in [2.05, 4.69) is 15.4 Å². The van der Waals surface area contributed by atoms with E-state index in [1.165, 1.54) is 48.1 Å². The minimum Gasteiger partial charge on any atom is -0.497 e. The molecule has 0 unspecified atom stereocenters. The highest BCUT2D eigenvalue weighted by Gasteiger charge is 2.30. The first-order valence-electron chi connectivity index (χ1n) is 10.8. The van der Waals surface area contributed by atoms with Crippen molar-refractivity contribution in [3.8, 4) is 11.5 Å². The van der Waals surface area contributed by atoms with E-state index in [1.807, 2.05) is 0 Å². The zero-order valence-corrected chi connectivity index (χ0v) is 19.4. The Morgan fingerprint density at radius 1 is 1.08 bits per heavy atom. The highest BCUT2D eigenvalue weighted by Crippen LogP contribution is 2.29. The Morgan fingerprint density at radius 2 is 1.81 bits per heavy atom. The molecule has 2 heterocycles. The fraction of sp³-hybridized carbons (Fsp3) is 0.250. The van der Waals surface area contributed by atoms with E-state index in [0.717, 1.165) is 12.1 Å². The summed E-state index contributed by atoms with van der Waals surface area (Å²) in [6.45, 7) is 0.363. The van der Waals surface area contributed by atoms with Crippen LogP contribution in [0.4, 0.5) is 13.2 Å². The second-order valence-corrected chi connectivity index (χ2v) is 7.84. The molecular weight excluding hydrogens is 479 g/mol. The predicted molar refractivity (Wildman–Crippen MR) is 124 cm³/mol. The lowest BCUT2D eigenvalue weighted by atomic mass is 10.1. The number of ether oxygens (including phenoxy) is 2. The number of benzene rings is 2. The lowest BCUT2D eigenvalue weighted by Gasteiger charge is -2.10. The van der Waals surface area contributed by atoms with Crippen LogP contribution in [0.25, 0.3) is 11.0 Å². The van der Waals surface area contributed by atoms with Gasteiger partial charge in [-0.2, -0.15) is 18.3 Å². The molecule has 0 saturated carbocycles. The summed E-state index contributed by atoms with van der Waals surface area (Å²) in [5, 5.41) is 7.16. The number of rotatable bonds is 8. The lowest BCUT2D eigenvalue weighted by molar-refractivity contribution is -0.137. The summed E-state index contributed by atoms with van der Waals surface area (Å²) in [5.74, 6) is 0.603. The van der Waals surface area contributed by atoms with Gasteiger partial charge in [0, 0.05) is 18.2 Å². The molecule has 0 radical (unpaired) electrons. The van der Waals surface area contributed by atoms with E-state index in [0.29, 0.717) is 28.3 Å². The van der Waals surface area contributed by atoms with E-state index in [4.69, 9.17) is 9.47 Å². The molecule has 9 nitrogen and oxygen atoms in total. The zero-order chi connectivity index (χ0) is 25.9. The average Bonchev–Trinajstić information content (AvgIpc) is 3.28. The molecule has 0 bridgehead atoms. The number of aromatic nitrogens is 4. The minimum absolute atomic E-state index is 0.0725. The van der Waals surface area contributed by atoms with Gasteiger partial charge in [-0.25, -0.2) is 9.67 Å². The summed E-state index contributed by atoms with van der Waals surface area (Å²) >= 11 is 0. The SMILES string of the molecule is COc1cc(OC)cc(C(=O)NCCn2ncc3c(=O)n(Cc4cccc(C(F)(F)F)c4)cnc32)c1.